The molecule has 0 aliphatic heterocycles. The molecule has 0 saturated carbocycles. The van der Waals surface area contributed by atoms with Crippen molar-refractivity contribution in [3.8, 4) is 0 Å². The van der Waals surface area contributed by atoms with Crippen LogP contribution in [0.3, 0.4) is 0 Å². The molecule has 1 aromatic rings. The summed E-state index contributed by atoms with van der Waals surface area (Å²) < 4.78 is 17.8. The lowest BCUT2D eigenvalue weighted by Crippen LogP contribution is -2.15. The molecule has 0 bridgehead atoms. The molecule has 0 aliphatic carbocycles. The van der Waals surface area contributed by atoms with Gasteiger partial charge in [-0.15, -0.1) is 0 Å². The van der Waals surface area contributed by atoms with Crippen molar-refractivity contribution < 1.29 is 18.7 Å². The molecule has 0 aliphatic rings. The van der Waals surface area contributed by atoms with Crippen LogP contribution in [0.25, 0.3) is 0 Å². The fourth-order valence-corrected chi connectivity index (χ4v) is 1.90. The molecule has 0 spiro atoms. The lowest BCUT2D eigenvalue weighted by Gasteiger charge is -2.10. The summed E-state index contributed by atoms with van der Waals surface area (Å²) in [7, 11) is 1.23. The number of rotatable bonds is 8. The van der Waals surface area contributed by atoms with E-state index in [1.807, 2.05) is 0 Å². The van der Waals surface area contributed by atoms with Gasteiger partial charge >= 0.3 is 5.97 Å². The number of anilines is 1. The average molecular weight is 296 g/mol. The second kappa shape index (κ2) is 9.07. The lowest BCUT2D eigenvalue weighted by molar-refractivity contribution is -0.116. The van der Waals surface area contributed by atoms with E-state index in [0.29, 0.717) is 13.0 Å². The SMILES string of the molecule is COC(=O)c1ccc(F)cc1NC(=O)CCCCCCN. The first-order valence-electron chi connectivity index (χ1n) is 6.96. The zero-order valence-electron chi connectivity index (χ0n) is 12.2. The molecule has 0 saturated heterocycles. The number of methoxy groups -OCH3 is 1. The van der Waals surface area contributed by atoms with Gasteiger partial charge in [0.05, 0.1) is 18.4 Å². The number of ether oxygens (including phenoxy) is 1. The van der Waals surface area contributed by atoms with Crippen LogP contribution in [0.2, 0.25) is 0 Å². The van der Waals surface area contributed by atoms with Crippen LogP contribution in [0.5, 0.6) is 0 Å². The number of nitrogens with one attached hydrogen (secondary N) is 1. The molecule has 0 heterocycles. The minimum Gasteiger partial charge on any atom is -0.465 e. The van der Waals surface area contributed by atoms with Crippen molar-refractivity contribution in [2.24, 2.45) is 5.73 Å². The van der Waals surface area contributed by atoms with Gasteiger partial charge in [0.1, 0.15) is 5.82 Å². The van der Waals surface area contributed by atoms with Crippen molar-refractivity contribution >= 4 is 17.6 Å². The number of halogens is 1. The Morgan fingerprint density at radius 3 is 2.62 bits per heavy atom. The van der Waals surface area contributed by atoms with Crippen LogP contribution >= 0.6 is 0 Å². The molecule has 21 heavy (non-hydrogen) atoms. The maximum atomic E-state index is 13.2. The monoisotopic (exact) mass is 296 g/mol. The van der Waals surface area contributed by atoms with Crippen molar-refractivity contribution in [2.75, 3.05) is 19.0 Å². The Bertz CT molecular complexity index is 492. The zero-order chi connectivity index (χ0) is 15.7. The third kappa shape index (κ3) is 5.91. The predicted octanol–water partition coefficient (Wildman–Crippen LogP) is 2.46. The molecular formula is C15H21FN2O3. The predicted molar refractivity (Wildman–Crippen MR) is 78.5 cm³/mol. The summed E-state index contributed by atoms with van der Waals surface area (Å²) in [5, 5.41) is 2.55. The van der Waals surface area contributed by atoms with E-state index in [1.165, 1.54) is 13.2 Å². The zero-order valence-corrected chi connectivity index (χ0v) is 12.2. The highest BCUT2D eigenvalue weighted by molar-refractivity contribution is 6.01. The van der Waals surface area contributed by atoms with Crippen LogP contribution in [0.1, 0.15) is 42.5 Å². The minimum absolute atomic E-state index is 0.133. The summed E-state index contributed by atoms with van der Waals surface area (Å²) >= 11 is 0. The smallest absolute Gasteiger partial charge is 0.339 e. The molecule has 5 nitrogen and oxygen atoms in total. The minimum atomic E-state index is -0.617. The summed E-state index contributed by atoms with van der Waals surface area (Å²) in [6, 6.07) is 3.55. The molecule has 0 unspecified atom stereocenters. The molecule has 6 heteroatoms. The molecule has 1 amide bonds. The van der Waals surface area contributed by atoms with Crippen LogP contribution in [0.15, 0.2) is 18.2 Å². The van der Waals surface area contributed by atoms with Gasteiger partial charge in [0.15, 0.2) is 0 Å². The highest BCUT2D eigenvalue weighted by atomic mass is 19.1. The van der Waals surface area contributed by atoms with Crippen LogP contribution < -0.4 is 11.1 Å². The largest absolute Gasteiger partial charge is 0.465 e. The van der Waals surface area contributed by atoms with Crippen LogP contribution in [0.4, 0.5) is 10.1 Å². The van der Waals surface area contributed by atoms with Crippen LogP contribution in [-0.2, 0) is 9.53 Å². The van der Waals surface area contributed by atoms with E-state index in [-0.39, 0.29) is 17.2 Å². The highest BCUT2D eigenvalue weighted by Gasteiger charge is 2.14. The summed E-state index contributed by atoms with van der Waals surface area (Å²) in [4.78, 5) is 23.4. The first-order valence-corrected chi connectivity index (χ1v) is 6.96. The number of esters is 1. The second-order valence-electron chi connectivity index (χ2n) is 4.68. The van der Waals surface area contributed by atoms with Gasteiger partial charge in [-0.3, -0.25) is 4.79 Å². The molecule has 0 aromatic heterocycles. The van der Waals surface area contributed by atoms with Gasteiger partial charge in [0.2, 0.25) is 5.91 Å². The summed E-state index contributed by atoms with van der Waals surface area (Å²) in [5.41, 5.74) is 5.65. The van der Waals surface area contributed by atoms with Crippen LogP contribution in [-0.4, -0.2) is 25.5 Å². The van der Waals surface area contributed by atoms with Gasteiger partial charge < -0.3 is 15.8 Å². The van der Waals surface area contributed by atoms with Crippen LogP contribution in [0, 0.1) is 5.82 Å². The number of unbranched alkanes of at least 4 members (excludes halogenated alkanes) is 3. The molecule has 0 atom stereocenters. The quantitative estimate of drug-likeness (QED) is 0.570. The van der Waals surface area contributed by atoms with Gasteiger partial charge in [-0.05, 0) is 37.6 Å². The average Bonchev–Trinajstić information content (AvgIpc) is 2.46. The number of benzene rings is 1. The molecule has 116 valence electrons. The van der Waals surface area contributed by atoms with Gasteiger partial charge in [0, 0.05) is 6.42 Å². The number of hydrogen-bond donors (Lipinski definition) is 2. The topological polar surface area (TPSA) is 81.4 Å². The van der Waals surface area contributed by atoms with Crippen molar-refractivity contribution in [1.29, 1.82) is 0 Å². The van der Waals surface area contributed by atoms with Crippen molar-refractivity contribution in [1.82, 2.24) is 0 Å². The standard InChI is InChI=1S/C15H21FN2O3/c1-21-15(20)12-8-7-11(16)10-13(12)18-14(19)6-4-2-3-5-9-17/h7-8,10H,2-6,9,17H2,1H3,(H,18,19). The van der Waals surface area contributed by atoms with Gasteiger partial charge in [0.25, 0.3) is 0 Å². The highest BCUT2D eigenvalue weighted by Crippen LogP contribution is 2.19. The first-order chi connectivity index (χ1) is 10.1. The van der Waals surface area contributed by atoms with Crippen molar-refractivity contribution in [2.45, 2.75) is 32.1 Å². The summed E-state index contributed by atoms with van der Waals surface area (Å²) in [5.74, 6) is -1.40. The normalized spacial score (nSPS) is 10.2. The number of hydrogen-bond acceptors (Lipinski definition) is 4. The Labute approximate surface area is 123 Å². The van der Waals surface area contributed by atoms with Gasteiger partial charge in [-0.2, -0.15) is 0 Å². The third-order valence-corrected chi connectivity index (χ3v) is 3.02. The Morgan fingerprint density at radius 2 is 1.95 bits per heavy atom. The fourth-order valence-electron chi connectivity index (χ4n) is 1.90. The molecular weight excluding hydrogens is 275 g/mol. The summed E-state index contributed by atoms with van der Waals surface area (Å²) in [6.45, 7) is 0.651. The molecule has 1 aromatic carbocycles. The third-order valence-electron chi connectivity index (χ3n) is 3.02. The van der Waals surface area contributed by atoms with Gasteiger partial charge in [-0.1, -0.05) is 12.8 Å². The first kappa shape index (κ1) is 17.1. The molecule has 3 N–H and O–H groups in total. The number of carbonyl (C=O) groups is 2. The molecule has 1 rings (SSSR count). The Balaban J connectivity index is 2.58. The maximum Gasteiger partial charge on any atom is 0.339 e. The van der Waals surface area contributed by atoms with E-state index in [2.05, 4.69) is 10.1 Å². The lowest BCUT2D eigenvalue weighted by atomic mass is 10.1. The Hall–Kier alpha value is -1.95. The summed E-state index contributed by atoms with van der Waals surface area (Å²) in [6.07, 6.45) is 3.89. The number of nitrogens with two attached hydrogens (primary N) is 1. The van der Waals surface area contributed by atoms with Crippen molar-refractivity contribution in [3.63, 3.8) is 0 Å². The number of amides is 1. The Morgan fingerprint density at radius 1 is 1.24 bits per heavy atom. The maximum absolute atomic E-state index is 13.2. The fraction of sp³-hybridized carbons (Fsp3) is 0.467. The van der Waals surface area contributed by atoms with E-state index in [9.17, 15) is 14.0 Å². The van der Waals surface area contributed by atoms with E-state index in [4.69, 9.17) is 5.73 Å². The molecule has 0 radical (unpaired) electrons. The molecule has 0 fully saturated rings. The van der Waals surface area contributed by atoms with Gasteiger partial charge in [-0.25, -0.2) is 9.18 Å². The van der Waals surface area contributed by atoms with E-state index < -0.39 is 11.8 Å². The van der Waals surface area contributed by atoms with E-state index in [1.54, 1.807) is 0 Å². The van der Waals surface area contributed by atoms with Crippen molar-refractivity contribution in [3.05, 3.63) is 29.6 Å². The second-order valence-corrected chi connectivity index (χ2v) is 4.68. The Kier molecular flexibility index (Phi) is 7.39. The number of carbonyl (C=O) groups excluding carboxylic acids is 2. The van der Waals surface area contributed by atoms with E-state index >= 15 is 0 Å². The van der Waals surface area contributed by atoms with E-state index in [0.717, 1.165) is 37.8 Å².